The van der Waals surface area contributed by atoms with Crippen molar-refractivity contribution in [1.82, 2.24) is 10.3 Å². The van der Waals surface area contributed by atoms with Gasteiger partial charge in [0.2, 0.25) is 0 Å². The van der Waals surface area contributed by atoms with Gasteiger partial charge in [0.15, 0.2) is 0 Å². The lowest BCUT2D eigenvalue weighted by molar-refractivity contribution is 0.548. The number of hydrogen-bond donors (Lipinski definition) is 1. The Bertz CT molecular complexity index is 578. The minimum Gasteiger partial charge on any atom is -0.310 e. The first kappa shape index (κ1) is 16.0. The Morgan fingerprint density at radius 2 is 2.15 bits per heavy atom. The van der Waals surface area contributed by atoms with Crippen LogP contribution in [0.5, 0.6) is 0 Å². The van der Waals surface area contributed by atoms with Gasteiger partial charge in [-0.25, -0.2) is 4.98 Å². The van der Waals surface area contributed by atoms with E-state index in [2.05, 4.69) is 53.1 Å². The molecule has 0 spiro atoms. The van der Waals surface area contributed by atoms with Gasteiger partial charge in [0.1, 0.15) is 0 Å². The lowest BCUT2D eigenvalue weighted by Gasteiger charge is -2.19. The molecule has 108 valence electrons. The van der Waals surface area contributed by atoms with Crippen LogP contribution in [-0.2, 0) is 6.42 Å². The van der Waals surface area contributed by atoms with Crippen molar-refractivity contribution in [1.29, 1.82) is 0 Å². The Labute approximate surface area is 137 Å². The molecular formula is C15H18BrClN2S. The van der Waals surface area contributed by atoms with Crippen LogP contribution < -0.4 is 5.32 Å². The Hall–Kier alpha value is -0.420. The van der Waals surface area contributed by atoms with E-state index in [-0.39, 0.29) is 6.04 Å². The van der Waals surface area contributed by atoms with Gasteiger partial charge in [0.25, 0.3) is 0 Å². The number of thiazole rings is 1. The quantitative estimate of drug-likeness (QED) is 0.791. The van der Waals surface area contributed by atoms with E-state index < -0.39 is 0 Å². The summed E-state index contributed by atoms with van der Waals surface area (Å²) in [6.07, 6.45) is 0.864. The number of likely N-dealkylation sites (N-methyl/N-ethyl adjacent to an activating group) is 1. The predicted molar refractivity (Wildman–Crippen MR) is 90.9 cm³/mol. The molecular weight excluding hydrogens is 356 g/mol. The Balaban J connectivity index is 2.28. The summed E-state index contributed by atoms with van der Waals surface area (Å²) in [7, 11) is 0. The van der Waals surface area contributed by atoms with Crippen LogP contribution in [0.3, 0.4) is 0 Å². The highest BCUT2D eigenvalue weighted by Crippen LogP contribution is 2.30. The van der Waals surface area contributed by atoms with E-state index in [0.29, 0.717) is 0 Å². The van der Waals surface area contributed by atoms with Gasteiger partial charge in [-0.1, -0.05) is 34.5 Å². The minimum absolute atomic E-state index is 0.190. The van der Waals surface area contributed by atoms with Crippen molar-refractivity contribution in [2.75, 3.05) is 6.54 Å². The molecule has 0 aliphatic rings. The summed E-state index contributed by atoms with van der Waals surface area (Å²) in [5, 5.41) is 5.46. The molecule has 20 heavy (non-hydrogen) atoms. The first-order valence-electron chi connectivity index (χ1n) is 6.62. The molecule has 5 heteroatoms. The molecule has 1 unspecified atom stereocenters. The summed E-state index contributed by atoms with van der Waals surface area (Å²) in [6.45, 7) is 7.18. The molecule has 0 radical (unpaired) electrons. The average molecular weight is 374 g/mol. The lowest BCUT2D eigenvalue weighted by atomic mass is 10.0. The second-order valence-electron chi connectivity index (χ2n) is 4.73. The molecule has 0 fully saturated rings. The van der Waals surface area contributed by atoms with E-state index in [1.807, 2.05) is 12.1 Å². The average Bonchev–Trinajstić information content (AvgIpc) is 2.71. The summed E-state index contributed by atoms with van der Waals surface area (Å²) < 4.78 is 1.05. The number of nitrogens with one attached hydrogen (secondary N) is 1. The zero-order valence-electron chi connectivity index (χ0n) is 11.8. The maximum Gasteiger partial charge on any atom is 0.0949 e. The SMILES string of the molecule is CCNC(Cc1nc(C)c(C)s1)c1cc(Br)ccc1Cl. The summed E-state index contributed by atoms with van der Waals surface area (Å²) in [5.41, 5.74) is 2.24. The summed E-state index contributed by atoms with van der Waals surface area (Å²) in [4.78, 5) is 5.92. The van der Waals surface area contributed by atoms with Crippen LogP contribution in [0.1, 0.15) is 34.1 Å². The highest BCUT2D eigenvalue weighted by molar-refractivity contribution is 9.10. The van der Waals surface area contributed by atoms with Crippen LogP contribution in [-0.4, -0.2) is 11.5 Å². The van der Waals surface area contributed by atoms with E-state index in [4.69, 9.17) is 11.6 Å². The third kappa shape index (κ3) is 3.82. The van der Waals surface area contributed by atoms with Crippen molar-refractivity contribution < 1.29 is 0 Å². The molecule has 2 aromatic rings. The van der Waals surface area contributed by atoms with Crippen molar-refractivity contribution in [2.24, 2.45) is 0 Å². The number of hydrogen-bond acceptors (Lipinski definition) is 3. The Morgan fingerprint density at radius 3 is 2.75 bits per heavy atom. The Kier molecular flexibility index (Phi) is 5.61. The highest BCUT2D eigenvalue weighted by atomic mass is 79.9. The number of halogens is 2. The van der Waals surface area contributed by atoms with E-state index in [1.54, 1.807) is 11.3 Å². The normalized spacial score (nSPS) is 12.7. The van der Waals surface area contributed by atoms with Gasteiger partial charge in [0, 0.05) is 26.8 Å². The molecule has 0 bridgehead atoms. The summed E-state index contributed by atoms with van der Waals surface area (Å²) >= 11 is 11.6. The molecule has 1 N–H and O–H groups in total. The van der Waals surface area contributed by atoms with Gasteiger partial charge < -0.3 is 5.32 Å². The predicted octanol–water partition coefficient (Wildman–Crippen LogP) is 5.07. The molecule has 0 amide bonds. The topological polar surface area (TPSA) is 24.9 Å². The monoisotopic (exact) mass is 372 g/mol. The maximum absolute atomic E-state index is 6.35. The van der Waals surface area contributed by atoms with E-state index in [0.717, 1.165) is 38.7 Å². The van der Waals surface area contributed by atoms with Crippen molar-refractivity contribution >= 4 is 38.9 Å². The van der Waals surface area contributed by atoms with Crippen molar-refractivity contribution in [3.8, 4) is 0 Å². The molecule has 0 saturated heterocycles. The first-order valence-corrected chi connectivity index (χ1v) is 8.61. The second kappa shape index (κ2) is 7.03. The van der Waals surface area contributed by atoms with Gasteiger partial charge >= 0.3 is 0 Å². The van der Waals surface area contributed by atoms with Crippen molar-refractivity contribution in [3.63, 3.8) is 0 Å². The van der Waals surface area contributed by atoms with Crippen LogP contribution in [0.4, 0.5) is 0 Å². The molecule has 2 nitrogen and oxygen atoms in total. The number of aromatic nitrogens is 1. The zero-order chi connectivity index (χ0) is 14.7. The van der Waals surface area contributed by atoms with Crippen molar-refractivity contribution in [3.05, 3.63) is 48.8 Å². The summed E-state index contributed by atoms with van der Waals surface area (Å²) in [6, 6.07) is 6.18. The fraction of sp³-hybridized carbons (Fsp3) is 0.400. The van der Waals surface area contributed by atoms with Gasteiger partial charge in [-0.2, -0.15) is 0 Å². The van der Waals surface area contributed by atoms with Crippen LogP contribution >= 0.6 is 38.9 Å². The van der Waals surface area contributed by atoms with Crippen LogP contribution in [0.15, 0.2) is 22.7 Å². The van der Waals surface area contributed by atoms with E-state index in [1.165, 1.54) is 4.88 Å². The lowest BCUT2D eigenvalue weighted by Crippen LogP contribution is -2.23. The first-order chi connectivity index (χ1) is 9.51. The number of aryl methyl sites for hydroxylation is 2. The van der Waals surface area contributed by atoms with E-state index in [9.17, 15) is 0 Å². The molecule has 1 heterocycles. The maximum atomic E-state index is 6.35. The fourth-order valence-corrected chi connectivity index (χ4v) is 3.73. The van der Waals surface area contributed by atoms with Gasteiger partial charge in [-0.05, 0) is 44.2 Å². The van der Waals surface area contributed by atoms with Gasteiger partial charge in [-0.15, -0.1) is 11.3 Å². The van der Waals surface area contributed by atoms with Crippen LogP contribution in [0.2, 0.25) is 5.02 Å². The second-order valence-corrected chi connectivity index (χ2v) is 7.34. The zero-order valence-corrected chi connectivity index (χ0v) is 15.0. The number of benzene rings is 1. The molecule has 1 aromatic heterocycles. The standard InChI is InChI=1S/C15H18BrClN2S/c1-4-18-14(8-15-19-9(2)10(3)20-15)12-7-11(16)5-6-13(12)17/h5-7,14,18H,4,8H2,1-3H3. The molecule has 2 rings (SSSR count). The summed E-state index contributed by atoms with van der Waals surface area (Å²) in [5.74, 6) is 0. The largest absolute Gasteiger partial charge is 0.310 e. The smallest absolute Gasteiger partial charge is 0.0949 e. The van der Waals surface area contributed by atoms with Gasteiger partial charge in [0.05, 0.1) is 10.7 Å². The fourth-order valence-electron chi connectivity index (χ4n) is 2.12. The van der Waals surface area contributed by atoms with Gasteiger partial charge in [-0.3, -0.25) is 0 Å². The molecule has 0 aliphatic carbocycles. The van der Waals surface area contributed by atoms with Crippen LogP contribution in [0.25, 0.3) is 0 Å². The number of nitrogens with zero attached hydrogens (tertiary/aromatic N) is 1. The van der Waals surface area contributed by atoms with Crippen LogP contribution in [0, 0.1) is 13.8 Å². The number of rotatable bonds is 5. The highest BCUT2D eigenvalue weighted by Gasteiger charge is 2.17. The molecule has 1 aromatic carbocycles. The third-order valence-corrected chi connectivity index (χ3v) is 5.17. The molecule has 0 saturated carbocycles. The Morgan fingerprint density at radius 1 is 1.40 bits per heavy atom. The molecule has 1 atom stereocenters. The van der Waals surface area contributed by atoms with E-state index >= 15 is 0 Å². The minimum atomic E-state index is 0.190. The third-order valence-electron chi connectivity index (χ3n) is 3.24. The molecule has 0 aliphatic heterocycles. The van der Waals surface area contributed by atoms with Crippen molar-refractivity contribution in [2.45, 2.75) is 33.2 Å².